The number of carboxylic acid groups (broad SMARTS) is 1. The number of rotatable bonds is 4. The first-order valence-electron chi connectivity index (χ1n) is 5.46. The van der Waals surface area contributed by atoms with E-state index in [0.29, 0.717) is 12.5 Å². The van der Waals surface area contributed by atoms with Crippen molar-refractivity contribution < 1.29 is 19.4 Å². The smallest absolute Gasteiger partial charge is 0.407 e. The van der Waals surface area contributed by atoms with Crippen LogP contribution in [0.1, 0.15) is 33.6 Å². The van der Waals surface area contributed by atoms with Crippen LogP contribution < -0.4 is 5.32 Å². The highest BCUT2D eigenvalue weighted by Gasteiger charge is 2.38. The van der Waals surface area contributed by atoms with E-state index in [1.54, 1.807) is 20.8 Å². The third-order valence-corrected chi connectivity index (χ3v) is 2.41. The van der Waals surface area contributed by atoms with Crippen LogP contribution in [0.15, 0.2) is 0 Å². The molecule has 0 aromatic heterocycles. The van der Waals surface area contributed by atoms with Gasteiger partial charge in [-0.25, -0.2) is 4.79 Å². The van der Waals surface area contributed by atoms with Gasteiger partial charge in [0, 0.05) is 13.0 Å². The van der Waals surface area contributed by atoms with E-state index in [1.165, 1.54) is 0 Å². The minimum atomic E-state index is -0.773. The molecule has 2 atom stereocenters. The summed E-state index contributed by atoms with van der Waals surface area (Å²) in [4.78, 5) is 21.7. The molecule has 0 radical (unpaired) electrons. The van der Waals surface area contributed by atoms with E-state index in [9.17, 15) is 9.59 Å². The minimum absolute atomic E-state index is 0.195. The van der Waals surface area contributed by atoms with E-state index in [0.717, 1.165) is 6.42 Å². The Labute approximate surface area is 95.2 Å². The lowest BCUT2D eigenvalue weighted by Gasteiger charge is -2.19. The molecule has 1 saturated carbocycles. The predicted octanol–water partition coefficient (Wildman–Crippen LogP) is 1.62. The summed E-state index contributed by atoms with van der Waals surface area (Å²) in [5.41, 5.74) is -0.492. The summed E-state index contributed by atoms with van der Waals surface area (Å²) in [6.45, 7) is 5.91. The Morgan fingerprint density at radius 1 is 1.38 bits per heavy atom. The maximum absolute atomic E-state index is 11.3. The highest BCUT2D eigenvalue weighted by Crippen LogP contribution is 2.40. The largest absolute Gasteiger partial charge is 0.481 e. The molecule has 16 heavy (non-hydrogen) atoms. The predicted molar refractivity (Wildman–Crippen MR) is 58.1 cm³/mol. The standard InChI is InChI=1S/C11H19NO4/c1-11(2,3)16-10(15)12-6-8-4-7(8)5-9(13)14/h7-8H,4-6H2,1-3H3,(H,12,15)(H,13,14). The molecule has 0 aromatic carbocycles. The van der Waals surface area contributed by atoms with E-state index >= 15 is 0 Å². The van der Waals surface area contributed by atoms with E-state index in [-0.39, 0.29) is 12.3 Å². The Bertz CT molecular complexity index is 282. The molecule has 2 N–H and O–H groups in total. The van der Waals surface area contributed by atoms with Gasteiger partial charge in [0.25, 0.3) is 0 Å². The summed E-state index contributed by atoms with van der Waals surface area (Å²) in [6, 6.07) is 0. The van der Waals surface area contributed by atoms with Crippen LogP contribution in [0.3, 0.4) is 0 Å². The first-order chi connectivity index (χ1) is 7.28. The van der Waals surface area contributed by atoms with Gasteiger partial charge in [0.15, 0.2) is 0 Å². The number of aliphatic carboxylic acids is 1. The molecule has 92 valence electrons. The van der Waals surface area contributed by atoms with Gasteiger partial charge in [-0.3, -0.25) is 4.79 Å². The quantitative estimate of drug-likeness (QED) is 0.768. The molecule has 5 nitrogen and oxygen atoms in total. The Morgan fingerprint density at radius 3 is 2.50 bits per heavy atom. The summed E-state index contributed by atoms with van der Waals surface area (Å²) < 4.78 is 5.07. The number of alkyl carbamates (subject to hydrolysis) is 1. The Hall–Kier alpha value is -1.26. The monoisotopic (exact) mass is 229 g/mol. The molecule has 0 heterocycles. The summed E-state index contributed by atoms with van der Waals surface area (Å²) in [5.74, 6) is -0.263. The van der Waals surface area contributed by atoms with E-state index in [1.807, 2.05) is 0 Å². The highest BCUT2D eigenvalue weighted by atomic mass is 16.6. The van der Waals surface area contributed by atoms with Gasteiger partial charge in [0.2, 0.25) is 0 Å². The molecule has 0 spiro atoms. The third-order valence-electron chi connectivity index (χ3n) is 2.41. The van der Waals surface area contributed by atoms with Crippen molar-refractivity contribution in [3.8, 4) is 0 Å². The lowest BCUT2D eigenvalue weighted by atomic mass is 10.2. The maximum atomic E-state index is 11.3. The third kappa shape index (κ3) is 5.00. The summed E-state index contributed by atoms with van der Waals surface area (Å²) in [7, 11) is 0. The fourth-order valence-electron chi connectivity index (χ4n) is 1.56. The van der Waals surface area contributed by atoms with Crippen LogP contribution in [-0.2, 0) is 9.53 Å². The van der Waals surface area contributed by atoms with Crippen molar-refractivity contribution >= 4 is 12.1 Å². The number of amides is 1. The molecule has 0 saturated heterocycles. The molecule has 0 aromatic rings. The number of carbonyl (C=O) groups excluding carboxylic acids is 1. The van der Waals surface area contributed by atoms with Crippen LogP contribution in [0.2, 0.25) is 0 Å². The lowest BCUT2D eigenvalue weighted by Crippen LogP contribution is -2.33. The van der Waals surface area contributed by atoms with Crippen LogP contribution in [0, 0.1) is 11.8 Å². The minimum Gasteiger partial charge on any atom is -0.481 e. The van der Waals surface area contributed by atoms with Crippen molar-refractivity contribution in [2.45, 2.75) is 39.2 Å². The number of hydrogen-bond acceptors (Lipinski definition) is 3. The SMILES string of the molecule is CC(C)(C)OC(=O)NCC1CC1CC(=O)O. The van der Waals surface area contributed by atoms with Crippen molar-refractivity contribution in [3.63, 3.8) is 0 Å². The second-order valence-corrected chi connectivity index (χ2v) is 5.24. The van der Waals surface area contributed by atoms with Gasteiger partial charge in [0.05, 0.1) is 0 Å². The molecule has 1 fully saturated rings. The fraction of sp³-hybridized carbons (Fsp3) is 0.818. The first-order valence-corrected chi connectivity index (χ1v) is 5.46. The summed E-state index contributed by atoms with van der Waals surface area (Å²) >= 11 is 0. The van der Waals surface area contributed by atoms with Gasteiger partial charge < -0.3 is 15.2 Å². The Morgan fingerprint density at radius 2 is 2.00 bits per heavy atom. The first kappa shape index (κ1) is 12.8. The molecular formula is C11H19NO4. The summed E-state index contributed by atoms with van der Waals surface area (Å²) in [6.07, 6.45) is 0.636. The molecule has 0 bridgehead atoms. The zero-order valence-corrected chi connectivity index (χ0v) is 9.95. The van der Waals surface area contributed by atoms with Gasteiger partial charge in [-0.15, -0.1) is 0 Å². The number of ether oxygens (including phenoxy) is 1. The van der Waals surface area contributed by atoms with Crippen molar-refractivity contribution in [1.29, 1.82) is 0 Å². The van der Waals surface area contributed by atoms with E-state index in [4.69, 9.17) is 9.84 Å². The zero-order valence-electron chi connectivity index (χ0n) is 9.95. The number of carboxylic acids is 1. The van der Waals surface area contributed by atoms with Crippen molar-refractivity contribution in [2.75, 3.05) is 6.54 Å². The average Bonchev–Trinajstić information content (AvgIpc) is 2.75. The van der Waals surface area contributed by atoms with Crippen molar-refractivity contribution in [1.82, 2.24) is 5.32 Å². The van der Waals surface area contributed by atoms with Gasteiger partial charge in [-0.05, 0) is 39.0 Å². The Balaban J connectivity index is 2.13. The number of hydrogen-bond donors (Lipinski definition) is 2. The molecule has 1 aliphatic rings. The molecule has 5 heteroatoms. The summed E-state index contributed by atoms with van der Waals surface area (Å²) in [5, 5.41) is 11.2. The molecule has 1 amide bonds. The van der Waals surface area contributed by atoms with Gasteiger partial charge in [-0.1, -0.05) is 0 Å². The van der Waals surface area contributed by atoms with Crippen molar-refractivity contribution in [3.05, 3.63) is 0 Å². The van der Waals surface area contributed by atoms with Crippen LogP contribution >= 0.6 is 0 Å². The molecule has 2 unspecified atom stereocenters. The van der Waals surface area contributed by atoms with Gasteiger partial charge in [-0.2, -0.15) is 0 Å². The van der Waals surface area contributed by atoms with E-state index in [2.05, 4.69) is 5.32 Å². The molecule has 1 rings (SSSR count). The maximum Gasteiger partial charge on any atom is 0.407 e. The molecule has 0 aliphatic heterocycles. The number of carbonyl (C=O) groups is 2. The normalized spacial score (nSPS) is 23.7. The number of nitrogens with one attached hydrogen (secondary N) is 1. The average molecular weight is 229 g/mol. The fourth-order valence-corrected chi connectivity index (χ4v) is 1.56. The lowest BCUT2D eigenvalue weighted by molar-refractivity contribution is -0.137. The second kappa shape index (κ2) is 4.72. The molecular weight excluding hydrogens is 210 g/mol. The zero-order chi connectivity index (χ0) is 12.3. The Kier molecular flexibility index (Phi) is 3.78. The highest BCUT2D eigenvalue weighted by molar-refractivity contribution is 5.68. The van der Waals surface area contributed by atoms with Crippen LogP contribution in [0.25, 0.3) is 0 Å². The second-order valence-electron chi connectivity index (χ2n) is 5.24. The molecule has 1 aliphatic carbocycles. The van der Waals surface area contributed by atoms with E-state index < -0.39 is 17.7 Å². The van der Waals surface area contributed by atoms with Crippen molar-refractivity contribution in [2.24, 2.45) is 11.8 Å². The van der Waals surface area contributed by atoms with Gasteiger partial charge in [0.1, 0.15) is 5.60 Å². The van der Waals surface area contributed by atoms with Crippen LogP contribution in [0.4, 0.5) is 4.79 Å². The van der Waals surface area contributed by atoms with Crippen LogP contribution in [0.5, 0.6) is 0 Å². The van der Waals surface area contributed by atoms with Gasteiger partial charge >= 0.3 is 12.1 Å². The van der Waals surface area contributed by atoms with Crippen LogP contribution in [-0.4, -0.2) is 29.3 Å². The topological polar surface area (TPSA) is 75.6 Å².